The lowest BCUT2D eigenvalue weighted by Crippen LogP contribution is -2.38. The van der Waals surface area contributed by atoms with Gasteiger partial charge in [0.25, 0.3) is 0 Å². The van der Waals surface area contributed by atoms with E-state index in [1.165, 1.54) is 4.31 Å². The molecule has 0 heterocycles. The summed E-state index contributed by atoms with van der Waals surface area (Å²) in [7, 11) is 0.395. The van der Waals surface area contributed by atoms with Gasteiger partial charge in [-0.15, -0.1) is 0 Å². The van der Waals surface area contributed by atoms with E-state index in [9.17, 15) is 13.2 Å². The summed E-state index contributed by atoms with van der Waals surface area (Å²) < 4.78 is 25.2. The van der Waals surface area contributed by atoms with Gasteiger partial charge in [0, 0.05) is 32.0 Å². The fraction of sp³-hybridized carbons (Fsp3) is 0.316. The molecule has 0 aliphatic rings. The Morgan fingerprint density at radius 3 is 2.15 bits per heavy atom. The Kier molecular flexibility index (Phi) is 6.76. The Morgan fingerprint density at radius 2 is 1.62 bits per heavy atom. The largest absolute Gasteiger partial charge is 0.378 e. The van der Waals surface area contributed by atoms with Gasteiger partial charge in [-0.3, -0.25) is 4.79 Å². The Bertz CT molecular complexity index is 819. The summed E-state index contributed by atoms with van der Waals surface area (Å²) in [6.45, 7) is 0.0525. The van der Waals surface area contributed by atoms with E-state index in [1.807, 2.05) is 61.5 Å². The zero-order valence-electron chi connectivity index (χ0n) is 15.3. The minimum absolute atomic E-state index is 0.207. The van der Waals surface area contributed by atoms with Crippen molar-refractivity contribution in [1.29, 1.82) is 0 Å². The first-order valence-corrected chi connectivity index (χ1v) is 10.2. The van der Waals surface area contributed by atoms with E-state index < -0.39 is 10.0 Å². The highest BCUT2D eigenvalue weighted by Crippen LogP contribution is 2.15. The topological polar surface area (TPSA) is 69.7 Å². The SMILES string of the molecule is CN(C)c1ccc(NC(=O)CN(CCc2ccccc2)S(C)(=O)=O)cc1. The third-order valence-electron chi connectivity index (χ3n) is 3.95. The van der Waals surface area contributed by atoms with Crippen LogP contribution in [0.5, 0.6) is 0 Å². The number of sulfonamides is 1. The van der Waals surface area contributed by atoms with Crippen LogP contribution in [0.2, 0.25) is 0 Å². The molecule has 2 rings (SSSR count). The molecule has 0 saturated carbocycles. The summed E-state index contributed by atoms with van der Waals surface area (Å²) in [6, 6.07) is 17.0. The van der Waals surface area contributed by atoms with E-state index in [4.69, 9.17) is 0 Å². The standard InChI is InChI=1S/C19H25N3O3S/c1-21(2)18-11-9-17(10-12-18)20-19(23)15-22(26(3,24)25)14-13-16-7-5-4-6-8-16/h4-12H,13-15H2,1-3H3,(H,20,23). The number of carbonyl (C=O) groups excluding carboxylic acids is 1. The van der Waals surface area contributed by atoms with Gasteiger partial charge in [-0.1, -0.05) is 30.3 Å². The van der Waals surface area contributed by atoms with Crippen molar-refractivity contribution in [1.82, 2.24) is 4.31 Å². The normalized spacial score (nSPS) is 11.4. The number of nitrogens with zero attached hydrogens (tertiary/aromatic N) is 2. The molecule has 2 aromatic carbocycles. The van der Waals surface area contributed by atoms with Crippen LogP contribution in [0.4, 0.5) is 11.4 Å². The minimum Gasteiger partial charge on any atom is -0.378 e. The molecule has 140 valence electrons. The fourth-order valence-electron chi connectivity index (χ4n) is 2.46. The Labute approximate surface area is 155 Å². The van der Waals surface area contributed by atoms with E-state index >= 15 is 0 Å². The molecule has 0 saturated heterocycles. The van der Waals surface area contributed by atoms with E-state index in [0.29, 0.717) is 12.1 Å². The van der Waals surface area contributed by atoms with E-state index in [-0.39, 0.29) is 19.0 Å². The van der Waals surface area contributed by atoms with Crippen LogP contribution in [0.25, 0.3) is 0 Å². The second-order valence-electron chi connectivity index (χ2n) is 6.32. The number of carbonyl (C=O) groups is 1. The molecule has 1 amide bonds. The van der Waals surface area contributed by atoms with Crippen LogP contribution in [0.15, 0.2) is 54.6 Å². The third kappa shape index (κ3) is 6.16. The van der Waals surface area contributed by atoms with Crippen molar-refractivity contribution in [3.8, 4) is 0 Å². The molecular formula is C19H25N3O3S. The molecule has 26 heavy (non-hydrogen) atoms. The van der Waals surface area contributed by atoms with Gasteiger partial charge in [-0.05, 0) is 36.2 Å². The molecule has 0 aromatic heterocycles. The summed E-state index contributed by atoms with van der Waals surface area (Å²) in [4.78, 5) is 14.2. The van der Waals surface area contributed by atoms with Gasteiger partial charge in [0.1, 0.15) is 0 Å². The molecule has 0 atom stereocenters. The molecule has 2 aromatic rings. The van der Waals surface area contributed by atoms with Crippen LogP contribution in [0.3, 0.4) is 0 Å². The maximum absolute atomic E-state index is 12.3. The van der Waals surface area contributed by atoms with Gasteiger partial charge in [0.2, 0.25) is 15.9 Å². The van der Waals surface area contributed by atoms with Crippen LogP contribution in [0, 0.1) is 0 Å². The van der Waals surface area contributed by atoms with E-state index in [0.717, 1.165) is 17.5 Å². The van der Waals surface area contributed by atoms with Gasteiger partial charge in [0.05, 0.1) is 12.8 Å². The lowest BCUT2D eigenvalue weighted by atomic mass is 10.1. The second-order valence-corrected chi connectivity index (χ2v) is 8.30. The Hall–Kier alpha value is -2.38. The van der Waals surface area contributed by atoms with Crippen molar-refractivity contribution in [2.24, 2.45) is 0 Å². The molecule has 0 aliphatic carbocycles. The Balaban J connectivity index is 1.97. The molecule has 0 fully saturated rings. The van der Waals surface area contributed by atoms with Gasteiger partial charge < -0.3 is 10.2 Å². The molecule has 6 nitrogen and oxygen atoms in total. The van der Waals surface area contributed by atoms with Crippen LogP contribution in [-0.2, 0) is 21.2 Å². The van der Waals surface area contributed by atoms with E-state index in [1.54, 1.807) is 12.1 Å². The summed E-state index contributed by atoms with van der Waals surface area (Å²) in [5, 5.41) is 2.75. The predicted molar refractivity (Wildman–Crippen MR) is 106 cm³/mol. The highest BCUT2D eigenvalue weighted by atomic mass is 32.2. The number of anilines is 2. The first-order chi connectivity index (χ1) is 12.3. The van der Waals surface area contributed by atoms with Crippen molar-refractivity contribution >= 4 is 27.3 Å². The Morgan fingerprint density at radius 1 is 1.00 bits per heavy atom. The maximum Gasteiger partial charge on any atom is 0.239 e. The van der Waals surface area contributed by atoms with Crippen LogP contribution in [-0.4, -0.2) is 52.1 Å². The average Bonchev–Trinajstić information content (AvgIpc) is 2.59. The summed E-state index contributed by atoms with van der Waals surface area (Å²) in [5.41, 5.74) is 2.68. The molecule has 0 aliphatic heterocycles. The zero-order valence-corrected chi connectivity index (χ0v) is 16.2. The number of hydrogen-bond acceptors (Lipinski definition) is 4. The number of hydrogen-bond donors (Lipinski definition) is 1. The third-order valence-corrected chi connectivity index (χ3v) is 5.20. The number of benzene rings is 2. The fourth-order valence-corrected chi connectivity index (χ4v) is 3.24. The molecule has 0 radical (unpaired) electrons. The molecule has 0 spiro atoms. The monoisotopic (exact) mass is 375 g/mol. The lowest BCUT2D eigenvalue weighted by molar-refractivity contribution is -0.116. The zero-order chi connectivity index (χ0) is 19.2. The predicted octanol–water partition coefficient (Wildman–Crippen LogP) is 2.20. The van der Waals surface area contributed by atoms with Gasteiger partial charge in [0.15, 0.2) is 0 Å². The van der Waals surface area contributed by atoms with Crippen molar-refractivity contribution in [2.45, 2.75) is 6.42 Å². The molecule has 0 unspecified atom stereocenters. The first-order valence-electron chi connectivity index (χ1n) is 8.32. The van der Waals surface area contributed by atoms with E-state index in [2.05, 4.69) is 5.32 Å². The van der Waals surface area contributed by atoms with Crippen LogP contribution < -0.4 is 10.2 Å². The van der Waals surface area contributed by atoms with Crippen molar-refractivity contribution in [2.75, 3.05) is 43.7 Å². The number of rotatable bonds is 8. The summed E-state index contributed by atoms with van der Waals surface area (Å²) in [5.74, 6) is -0.360. The summed E-state index contributed by atoms with van der Waals surface area (Å²) in [6.07, 6.45) is 1.68. The molecular weight excluding hydrogens is 350 g/mol. The average molecular weight is 375 g/mol. The number of nitrogens with one attached hydrogen (secondary N) is 1. The maximum atomic E-state index is 12.3. The van der Waals surface area contributed by atoms with Crippen molar-refractivity contribution in [3.63, 3.8) is 0 Å². The highest BCUT2D eigenvalue weighted by Gasteiger charge is 2.20. The van der Waals surface area contributed by atoms with Crippen molar-refractivity contribution < 1.29 is 13.2 Å². The van der Waals surface area contributed by atoms with Crippen LogP contribution >= 0.6 is 0 Å². The van der Waals surface area contributed by atoms with Gasteiger partial charge in [-0.25, -0.2) is 8.42 Å². The smallest absolute Gasteiger partial charge is 0.239 e. The second kappa shape index (κ2) is 8.82. The minimum atomic E-state index is -3.47. The number of amides is 1. The summed E-state index contributed by atoms with van der Waals surface area (Å²) >= 11 is 0. The van der Waals surface area contributed by atoms with Gasteiger partial charge >= 0.3 is 0 Å². The lowest BCUT2D eigenvalue weighted by Gasteiger charge is -2.19. The molecule has 7 heteroatoms. The quantitative estimate of drug-likeness (QED) is 0.768. The highest BCUT2D eigenvalue weighted by molar-refractivity contribution is 7.88. The molecule has 1 N–H and O–H groups in total. The van der Waals surface area contributed by atoms with Crippen molar-refractivity contribution in [3.05, 3.63) is 60.2 Å². The van der Waals surface area contributed by atoms with Gasteiger partial charge in [-0.2, -0.15) is 4.31 Å². The van der Waals surface area contributed by atoms with Crippen LogP contribution in [0.1, 0.15) is 5.56 Å². The molecule has 0 bridgehead atoms. The first kappa shape index (κ1) is 19.9.